The fraction of sp³-hybridized carbons (Fsp3) is 0.409. The fourth-order valence-corrected chi connectivity index (χ4v) is 6.47. The fourth-order valence-electron chi connectivity index (χ4n) is 4.70. The molecule has 3 aliphatic rings. The van der Waals surface area contributed by atoms with E-state index < -0.39 is 29.2 Å². The van der Waals surface area contributed by atoms with E-state index in [0.29, 0.717) is 17.9 Å². The van der Waals surface area contributed by atoms with E-state index in [4.69, 9.17) is 10.6 Å². The number of nitrogens with two attached hydrogens (primary N) is 1. The Morgan fingerprint density at radius 3 is 2.95 bits per heavy atom. The number of aromatic nitrogens is 4. The van der Waals surface area contributed by atoms with Crippen LogP contribution in [0.1, 0.15) is 23.5 Å². The Morgan fingerprint density at radius 2 is 2.27 bits per heavy atom. The van der Waals surface area contributed by atoms with Gasteiger partial charge in [-0.05, 0) is 19.3 Å². The molecule has 2 amide bonds. The molecule has 15 heteroatoms. The molecular formula is C22H24N8O5S2. The molecule has 37 heavy (non-hydrogen) atoms. The molecule has 2 aromatic heterocycles. The van der Waals surface area contributed by atoms with E-state index >= 15 is 0 Å². The van der Waals surface area contributed by atoms with Gasteiger partial charge in [-0.15, -0.1) is 16.4 Å². The first-order valence-corrected chi connectivity index (χ1v) is 13.3. The lowest BCUT2D eigenvalue weighted by Gasteiger charge is -2.50. The van der Waals surface area contributed by atoms with E-state index in [0.717, 1.165) is 30.8 Å². The summed E-state index contributed by atoms with van der Waals surface area (Å²) in [4.78, 5) is 48.4. The van der Waals surface area contributed by atoms with Crippen LogP contribution < -0.4 is 20.8 Å². The normalized spacial score (nSPS) is 20.8. The average Bonchev–Trinajstić information content (AvgIpc) is 3.58. The average molecular weight is 545 g/mol. The van der Waals surface area contributed by atoms with Crippen LogP contribution >= 0.6 is 23.3 Å². The van der Waals surface area contributed by atoms with Crippen molar-refractivity contribution in [2.45, 2.75) is 37.2 Å². The molecule has 1 fully saturated rings. The summed E-state index contributed by atoms with van der Waals surface area (Å²) in [5.74, 6) is -2.42. The van der Waals surface area contributed by atoms with Gasteiger partial charge in [0.15, 0.2) is 17.9 Å². The highest BCUT2D eigenvalue weighted by atomic mass is 32.2. The zero-order valence-corrected chi connectivity index (χ0v) is 21.5. The first-order chi connectivity index (χ1) is 17.8. The van der Waals surface area contributed by atoms with Crippen molar-refractivity contribution in [1.29, 1.82) is 0 Å². The topological polar surface area (TPSA) is 172 Å². The summed E-state index contributed by atoms with van der Waals surface area (Å²) in [6.45, 7) is 3.88. The Balaban J connectivity index is 1.35. The third-order valence-electron chi connectivity index (χ3n) is 6.41. The molecule has 5 rings (SSSR count). The third-order valence-corrected chi connectivity index (χ3v) is 8.29. The molecule has 1 unspecified atom stereocenters. The number of nitrogens with zero attached hydrogens (tertiary/aromatic N) is 6. The zero-order valence-electron chi connectivity index (χ0n) is 19.9. The quantitative estimate of drug-likeness (QED) is 0.0927. The Morgan fingerprint density at radius 1 is 1.46 bits per heavy atom. The zero-order chi connectivity index (χ0) is 26.3. The van der Waals surface area contributed by atoms with Gasteiger partial charge in [-0.1, -0.05) is 17.8 Å². The minimum Gasteiger partial charge on any atom is -0.543 e. The lowest BCUT2D eigenvalue weighted by atomic mass is 10.0. The third kappa shape index (κ3) is 4.48. The Bertz CT molecular complexity index is 1360. The van der Waals surface area contributed by atoms with E-state index in [1.165, 1.54) is 34.0 Å². The van der Waals surface area contributed by atoms with Gasteiger partial charge in [-0.3, -0.25) is 14.5 Å². The Kier molecular flexibility index (Phi) is 6.72. The van der Waals surface area contributed by atoms with Crippen LogP contribution in [0.2, 0.25) is 0 Å². The highest BCUT2D eigenvalue weighted by Crippen LogP contribution is 2.40. The molecule has 0 aromatic carbocycles. The first-order valence-electron chi connectivity index (χ1n) is 11.5. The molecule has 2 aromatic rings. The van der Waals surface area contributed by atoms with Gasteiger partial charge in [0.05, 0.1) is 24.4 Å². The number of thioether (sulfide) groups is 1. The van der Waals surface area contributed by atoms with Crippen molar-refractivity contribution in [2.75, 3.05) is 18.1 Å². The molecule has 194 valence electrons. The second-order valence-corrected chi connectivity index (χ2v) is 10.5. The number of carboxylic acid groups (broad SMARTS) is 1. The maximum Gasteiger partial charge on any atom is 0.278 e. The number of aliphatic carboxylic acids is 1. The van der Waals surface area contributed by atoms with Crippen molar-refractivity contribution in [3.8, 4) is 0 Å². The lowest BCUT2D eigenvalue weighted by Crippen LogP contribution is -2.71. The number of carbonyl (C=O) groups is 3. The number of oxime groups is 1. The molecule has 0 bridgehead atoms. The van der Waals surface area contributed by atoms with Crippen molar-refractivity contribution in [1.82, 2.24) is 24.3 Å². The van der Waals surface area contributed by atoms with Crippen LogP contribution in [0.25, 0.3) is 0 Å². The van der Waals surface area contributed by atoms with E-state index in [9.17, 15) is 19.5 Å². The molecule has 1 saturated heterocycles. The van der Waals surface area contributed by atoms with E-state index in [-0.39, 0.29) is 29.0 Å². The van der Waals surface area contributed by atoms with Crippen LogP contribution in [-0.2, 0) is 45.7 Å². The summed E-state index contributed by atoms with van der Waals surface area (Å²) in [5, 5.41) is 18.0. The van der Waals surface area contributed by atoms with Crippen LogP contribution in [0.5, 0.6) is 0 Å². The van der Waals surface area contributed by atoms with Crippen LogP contribution in [0, 0.1) is 0 Å². The highest BCUT2D eigenvalue weighted by Gasteiger charge is 2.53. The number of nitrogens with one attached hydrogen (secondary N) is 1. The van der Waals surface area contributed by atoms with Crippen molar-refractivity contribution >= 4 is 51.9 Å². The van der Waals surface area contributed by atoms with Gasteiger partial charge >= 0.3 is 0 Å². The van der Waals surface area contributed by atoms with Gasteiger partial charge in [0.2, 0.25) is 11.5 Å². The molecule has 3 N–H and O–H groups in total. The molecule has 0 radical (unpaired) electrons. The summed E-state index contributed by atoms with van der Waals surface area (Å²) in [5.41, 5.74) is 8.30. The van der Waals surface area contributed by atoms with Gasteiger partial charge in [-0.2, -0.15) is 14.0 Å². The van der Waals surface area contributed by atoms with Crippen LogP contribution in [0.4, 0.5) is 5.13 Å². The molecule has 2 aliphatic heterocycles. The van der Waals surface area contributed by atoms with Crippen molar-refractivity contribution in [3.63, 3.8) is 0 Å². The van der Waals surface area contributed by atoms with Crippen molar-refractivity contribution < 1.29 is 29.0 Å². The Labute approximate surface area is 219 Å². The number of carboxylic acids is 1. The molecular weight excluding hydrogens is 520 g/mol. The van der Waals surface area contributed by atoms with Crippen LogP contribution in [0.15, 0.2) is 35.3 Å². The van der Waals surface area contributed by atoms with Gasteiger partial charge in [0.1, 0.15) is 18.0 Å². The molecule has 1 aliphatic carbocycles. The molecule has 2 atom stereocenters. The first kappa shape index (κ1) is 25.0. The molecule has 0 saturated carbocycles. The summed E-state index contributed by atoms with van der Waals surface area (Å²) in [7, 11) is 1.95. The summed E-state index contributed by atoms with van der Waals surface area (Å²) >= 11 is 2.25. The Hall–Kier alpha value is -3.72. The SMILES string of the molecule is C=CCON=C(C(=O)NC1C(=O)N2C(C(=O)[O-])=C(C[n+]3cc4c(n3C)CCC4)CS[C@H]12)c1nsc(N)n1. The minimum absolute atomic E-state index is 0.0374. The molecule has 0 spiro atoms. The standard InChI is InChI=1S/C22H24N8O5S2/c1-3-7-35-26-14(17-25-22(23)37-27-17)18(31)24-15-19(32)30-16(21(33)34)12(10-36-20(15)30)9-29-8-11-5-4-6-13(11)28(29)2/h3,8,15,20H,1,4-7,9-10H2,2H3,(H3-,23,24,25,27,31,33,34)/t15?,20-/m1/s1. The number of fused-ring (bicyclic) bond motifs is 2. The maximum atomic E-state index is 13.1. The maximum absolute atomic E-state index is 13.1. The van der Waals surface area contributed by atoms with Gasteiger partial charge in [0.25, 0.3) is 11.8 Å². The number of rotatable bonds is 9. The number of amides is 2. The summed E-state index contributed by atoms with van der Waals surface area (Å²) in [6, 6.07) is -0.972. The van der Waals surface area contributed by atoms with Gasteiger partial charge < -0.3 is 25.8 Å². The summed E-state index contributed by atoms with van der Waals surface area (Å²) in [6.07, 6.45) is 6.58. The van der Waals surface area contributed by atoms with E-state index in [1.54, 1.807) is 0 Å². The monoisotopic (exact) mass is 544 g/mol. The van der Waals surface area contributed by atoms with Crippen LogP contribution in [0.3, 0.4) is 0 Å². The van der Waals surface area contributed by atoms with Gasteiger partial charge in [-0.25, -0.2) is 0 Å². The second kappa shape index (κ2) is 9.97. The summed E-state index contributed by atoms with van der Waals surface area (Å²) < 4.78 is 7.99. The largest absolute Gasteiger partial charge is 0.543 e. The predicted octanol–water partition coefficient (Wildman–Crippen LogP) is -1.75. The van der Waals surface area contributed by atoms with Crippen molar-refractivity contribution in [2.24, 2.45) is 12.2 Å². The highest BCUT2D eigenvalue weighted by molar-refractivity contribution is 8.00. The van der Waals surface area contributed by atoms with E-state index in [1.807, 2.05) is 22.6 Å². The number of nitrogen functional groups attached to an aromatic ring is 1. The van der Waals surface area contributed by atoms with Crippen LogP contribution in [-0.4, -0.2) is 66.2 Å². The molecule has 4 heterocycles. The number of hydrogen-bond acceptors (Lipinski definition) is 11. The number of carbonyl (C=O) groups excluding carboxylic acids is 3. The smallest absolute Gasteiger partial charge is 0.278 e. The van der Waals surface area contributed by atoms with E-state index in [2.05, 4.69) is 26.4 Å². The number of anilines is 1. The number of β-lactam (4-membered cyclic amide) rings is 1. The predicted molar refractivity (Wildman–Crippen MR) is 132 cm³/mol. The van der Waals surface area contributed by atoms with Crippen molar-refractivity contribution in [3.05, 3.63) is 47.2 Å². The van der Waals surface area contributed by atoms with Gasteiger partial charge in [0, 0.05) is 28.4 Å². The molecule has 13 nitrogen and oxygen atoms in total. The number of aryl methyl sites for hydroxylation is 1. The number of hydrogen-bond donors (Lipinski definition) is 2. The minimum atomic E-state index is -1.43. The lowest BCUT2D eigenvalue weighted by molar-refractivity contribution is -0.767. The second-order valence-electron chi connectivity index (χ2n) is 8.66.